The monoisotopic (exact) mass is 427 g/mol. The zero-order valence-electron chi connectivity index (χ0n) is 18.0. The van der Waals surface area contributed by atoms with Gasteiger partial charge in [-0.1, -0.05) is 6.08 Å². The maximum absolute atomic E-state index is 14.1. The molecule has 166 valence electrons. The van der Waals surface area contributed by atoms with E-state index in [0.29, 0.717) is 11.8 Å². The molecule has 3 nitrogen and oxygen atoms in total. The molecule has 3 fully saturated rings. The summed E-state index contributed by atoms with van der Waals surface area (Å²) in [6.45, 7) is 3.98. The fraction of sp³-hybridized carbons (Fsp3) is 0.615. The number of rotatable bonds is 4. The van der Waals surface area contributed by atoms with E-state index < -0.39 is 28.9 Å². The van der Waals surface area contributed by atoms with E-state index in [1.165, 1.54) is 38.5 Å². The van der Waals surface area contributed by atoms with Gasteiger partial charge in [-0.2, -0.15) is 9.65 Å². The number of carbonyl (C=O) groups is 1. The van der Waals surface area contributed by atoms with Crippen molar-refractivity contribution in [3.63, 3.8) is 0 Å². The number of esters is 1. The van der Waals surface area contributed by atoms with Gasteiger partial charge in [0.1, 0.15) is 6.07 Å². The van der Waals surface area contributed by atoms with Crippen molar-refractivity contribution in [2.45, 2.75) is 64.2 Å². The minimum Gasteiger partial charge on any atom is -0.423 e. The minimum atomic E-state index is -1.27. The molecule has 0 aromatic heterocycles. The SMILES string of the molecule is C=CC1CCC2CC(C3CCC(C(=O)Oc4ccc(C#N)c(F)c4F)CC3)CCC2C1. The zero-order chi connectivity index (χ0) is 22.0. The Morgan fingerprint density at radius 2 is 1.55 bits per heavy atom. The van der Waals surface area contributed by atoms with Gasteiger partial charge in [-0.3, -0.25) is 4.79 Å². The van der Waals surface area contributed by atoms with E-state index in [1.807, 2.05) is 0 Å². The Labute approximate surface area is 183 Å². The number of halogens is 2. The fourth-order valence-corrected chi connectivity index (χ4v) is 6.32. The molecule has 0 saturated heterocycles. The van der Waals surface area contributed by atoms with Crippen molar-refractivity contribution >= 4 is 5.97 Å². The van der Waals surface area contributed by atoms with E-state index in [1.54, 1.807) is 6.07 Å². The van der Waals surface area contributed by atoms with E-state index >= 15 is 0 Å². The maximum Gasteiger partial charge on any atom is 0.314 e. The van der Waals surface area contributed by atoms with Crippen LogP contribution in [0, 0.1) is 58.5 Å². The quantitative estimate of drug-likeness (QED) is 0.310. The summed E-state index contributed by atoms with van der Waals surface area (Å²) in [6, 6.07) is 3.87. The number of carbonyl (C=O) groups excluding carboxylic acids is 1. The highest BCUT2D eigenvalue weighted by molar-refractivity contribution is 5.75. The third-order valence-corrected chi connectivity index (χ3v) is 8.18. The second-order valence-electron chi connectivity index (χ2n) is 9.79. The molecule has 3 saturated carbocycles. The summed E-state index contributed by atoms with van der Waals surface area (Å²) < 4.78 is 33.0. The highest BCUT2D eigenvalue weighted by atomic mass is 19.2. The number of fused-ring (bicyclic) bond motifs is 1. The van der Waals surface area contributed by atoms with Crippen LogP contribution >= 0.6 is 0 Å². The fourth-order valence-electron chi connectivity index (χ4n) is 6.32. The van der Waals surface area contributed by atoms with Crippen LogP contribution < -0.4 is 4.74 Å². The summed E-state index contributed by atoms with van der Waals surface area (Å²) in [7, 11) is 0. The number of benzene rings is 1. The van der Waals surface area contributed by atoms with Crippen LogP contribution in [0.1, 0.15) is 69.8 Å². The molecule has 1 aromatic rings. The van der Waals surface area contributed by atoms with Gasteiger partial charge in [0.15, 0.2) is 11.6 Å². The van der Waals surface area contributed by atoms with Gasteiger partial charge in [0.2, 0.25) is 5.82 Å². The highest BCUT2D eigenvalue weighted by Gasteiger charge is 2.39. The van der Waals surface area contributed by atoms with Gasteiger partial charge < -0.3 is 4.74 Å². The van der Waals surface area contributed by atoms with Gasteiger partial charge in [-0.05, 0) is 106 Å². The van der Waals surface area contributed by atoms with Crippen molar-refractivity contribution in [3.8, 4) is 11.8 Å². The molecular weight excluding hydrogens is 396 g/mol. The van der Waals surface area contributed by atoms with Crippen molar-refractivity contribution < 1.29 is 18.3 Å². The number of ether oxygens (including phenoxy) is 1. The topological polar surface area (TPSA) is 50.1 Å². The van der Waals surface area contributed by atoms with Crippen molar-refractivity contribution in [2.24, 2.45) is 35.5 Å². The predicted octanol–water partition coefficient (Wildman–Crippen LogP) is 6.57. The van der Waals surface area contributed by atoms with Crippen molar-refractivity contribution in [1.29, 1.82) is 5.26 Å². The standard InChI is InChI=1S/C26H31F2NO2/c1-2-16-3-4-21-14-20(10-9-19(21)13-16)17-5-7-18(8-6-17)26(30)31-23-12-11-22(15-29)24(27)25(23)28/h2,11-12,16-21H,1,3-10,13-14H2. The van der Waals surface area contributed by atoms with Crippen LogP contribution in [0.3, 0.4) is 0 Å². The van der Waals surface area contributed by atoms with Crippen LogP contribution in [0.4, 0.5) is 8.78 Å². The smallest absolute Gasteiger partial charge is 0.314 e. The lowest BCUT2D eigenvalue weighted by atomic mass is 9.61. The second kappa shape index (κ2) is 9.51. The van der Waals surface area contributed by atoms with E-state index in [2.05, 4.69) is 12.7 Å². The molecule has 0 radical (unpaired) electrons. The Morgan fingerprint density at radius 1 is 0.935 bits per heavy atom. The molecule has 31 heavy (non-hydrogen) atoms. The maximum atomic E-state index is 14.1. The van der Waals surface area contributed by atoms with E-state index in [4.69, 9.17) is 10.00 Å². The van der Waals surface area contributed by atoms with Crippen LogP contribution in [0.2, 0.25) is 0 Å². The number of hydrogen-bond acceptors (Lipinski definition) is 3. The lowest BCUT2D eigenvalue weighted by molar-refractivity contribution is -0.140. The number of allylic oxidation sites excluding steroid dienone is 1. The Bertz CT molecular complexity index is 869. The summed E-state index contributed by atoms with van der Waals surface area (Å²) in [5, 5.41) is 8.77. The lowest BCUT2D eigenvalue weighted by Crippen LogP contribution is -2.35. The minimum absolute atomic E-state index is 0.270. The molecule has 0 spiro atoms. The molecule has 0 aliphatic heterocycles. The van der Waals surface area contributed by atoms with Crippen LogP contribution in [0.15, 0.2) is 24.8 Å². The average Bonchev–Trinajstić information content (AvgIpc) is 2.81. The van der Waals surface area contributed by atoms with Crippen molar-refractivity contribution in [3.05, 3.63) is 42.0 Å². The zero-order valence-corrected chi connectivity index (χ0v) is 18.0. The van der Waals surface area contributed by atoms with Crippen LogP contribution in [-0.4, -0.2) is 5.97 Å². The average molecular weight is 428 g/mol. The molecule has 3 aliphatic carbocycles. The lowest BCUT2D eigenvalue weighted by Gasteiger charge is -2.45. The second-order valence-corrected chi connectivity index (χ2v) is 9.79. The molecule has 1 aromatic carbocycles. The summed E-state index contributed by atoms with van der Waals surface area (Å²) >= 11 is 0. The first-order chi connectivity index (χ1) is 15.0. The number of hydrogen-bond donors (Lipinski definition) is 0. The van der Waals surface area contributed by atoms with Gasteiger partial charge in [0, 0.05) is 0 Å². The predicted molar refractivity (Wildman–Crippen MR) is 114 cm³/mol. The van der Waals surface area contributed by atoms with Gasteiger partial charge in [-0.15, -0.1) is 6.58 Å². The number of nitriles is 1. The van der Waals surface area contributed by atoms with Gasteiger partial charge in [0.25, 0.3) is 0 Å². The molecule has 0 bridgehead atoms. The van der Waals surface area contributed by atoms with Crippen molar-refractivity contribution in [2.75, 3.05) is 0 Å². The highest BCUT2D eigenvalue weighted by Crippen LogP contribution is 2.49. The molecule has 0 amide bonds. The molecule has 4 atom stereocenters. The summed E-state index contributed by atoms with van der Waals surface area (Å²) in [5.74, 6) is 0.0920. The van der Waals surface area contributed by atoms with Gasteiger partial charge in [-0.25, -0.2) is 4.39 Å². The summed E-state index contributed by atoms with van der Waals surface area (Å²) in [6.07, 6.45) is 13.5. The van der Waals surface area contributed by atoms with E-state index in [0.717, 1.165) is 55.6 Å². The summed E-state index contributed by atoms with van der Waals surface area (Å²) in [4.78, 5) is 12.5. The Hall–Kier alpha value is -2.22. The largest absolute Gasteiger partial charge is 0.423 e. The van der Waals surface area contributed by atoms with Crippen LogP contribution in [0.5, 0.6) is 5.75 Å². The molecular formula is C26H31F2NO2. The Balaban J connectivity index is 1.28. The van der Waals surface area contributed by atoms with E-state index in [9.17, 15) is 13.6 Å². The molecule has 4 unspecified atom stereocenters. The first kappa shape index (κ1) is 22.0. The Kier molecular flexibility index (Phi) is 6.74. The number of nitrogens with zero attached hydrogens (tertiary/aromatic N) is 1. The molecule has 5 heteroatoms. The van der Waals surface area contributed by atoms with E-state index in [-0.39, 0.29) is 5.92 Å². The first-order valence-corrected chi connectivity index (χ1v) is 11.7. The normalized spacial score (nSPS) is 33.1. The third-order valence-electron chi connectivity index (χ3n) is 8.18. The van der Waals surface area contributed by atoms with Crippen LogP contribution in [0.25, 0.3) is 0 Å². The van der Waals surface area contributed by atoms with Crippen molar-refractivity contribution in [1.82, 2.24) is 0 Å². The summed E-state index contributed by atoms with van der Waals surface area (Å²) in [5.41, 5.74) is -0.398. The first-order valence-electron chi connectivity index (χ1n) is 11.7. The molecule has 4 rings (SSSR count). The molecule has 0 heterocycles. The molecule has 0 N–H and O–H groups in total. The van der Waals surface area contributed by atoms with Gasteiger partial charge >= 0.3 is 5.97 Å². The Morgan fingerprint density at radius 3 is 2.23 bits per heavy atom. The van der Waals surface area contributed by atoms with Crippen LogP contribution in [-0.2, 0) is 4.79 Å². The third kappa shape index (κ3) is 4.68. The van der Waals surface area contributed by atoms with Gasteiger partial charge in [0.05, 0.1) is 11.5 Å². The molecule has 3 aliphatic rings.